The van der Waals surface area contributed by atoms with Crippen LogP contribution in [-0.4, -0.2) is 49.5 Å². The number of nitrogens with zero attached hydrogens (tertiary/aromatic N) is 4. The van der Waals surface area contributed by atoms with Crippen molar-refractivity contribution in [2.45, 2.75) is 5.16 Å². The van der Waals surface area contributed by atoms with Crippen molar-refractivity contribution in [3.05, 3.63) is 17.5 Å². The second kappa shape index (κ2) is 4.47. The Morgan fingerprint density at radius 3 is 2.47 bits per heavy atom. The number of hydrogen-bond acceptors (Lipinski definition) is 6. The number of rotatable bonds is 2. The molecule has 0 aromatic carbocycles. The van der Waals surface area contributed by atoms with Crippen molar-refractivity contribution in [1.29, 1.82) is 5.26 Å². The van der Waals surface area contributed by atoms with E-state index in [1.807, 2.05) is 0 Å². The third-order valence-corrected chi connectivity index (χ3v) is 2.69. The van der Waals surface area contributed by atoms with Gasteiger partial charge < -0.3 is 4.90 Å². The van der Waals surface area contributed by atoms with E-state index >= 15 is 0 Å². The third kappa shape index (κ3) is 2.76. The number of sulfone groups is 1. The standard InChI is InChI=1S/C9H10N4O3S/c1-13(2)8(14)7-6(4-10)5-11-9(12-7)17(3,15)16/h5H,1-3H3. The minimum atomic E-state index is -3.61. The molecular formula is C9H10N4O3S. The molecule has 0 saturated heterocycles. The highest BCUT2D eigenvalue weighted by atomic mass is 32.2. The Labute approximate surface area is 98.6 Å². The highest BCUT2D eigenvalue weighted by Gasteiger charge is 2.20. The van der Waals surface area contributed by atoms with Crippen LogP contribution in [0.25, 0.3) is 0 Å². The maximum atomic E-state index is 11.7. The van der Waals surface area contributed by atoms with E-state index < -0.39 is 20.9 Å². The molecule has 1 aromatic rings. The number of carbonyl (C=O) groups excluding carboxylic acids is 1. The predicted octanol–water partition coefficient (Wildman–Crippen LogP) is -0.546. The summed E-state index contributed by atoms with van der Waals surface area (Å²) in [6.45, 7) is 0. The van der Waals surface area contributed by atoms with Crippen molar-refractivity contribution in [3.63, 3.8) is 0 Å². The molecule has 0 aliphatic heterocycles. The molecule has 0 radical (unpaired) electrons. The van der Waals surface area contributed by atoms with Crippen molar-refractivity contribution in [1.82, 2.24) is 14.9 Å². The number of nitriles is 1. The Morgan fingerprint density at radius 2 is 2.06 bits per heavy atom. The maximum Gasteiger partial charge on any atom is 0.273 e. The first-order chi connectivity index (χ1) is 7.77. The zero-order valence-corrected chi connectivity index (χ0v) is 10.3. The molecule has 0 spiro atoms. The zero-order chi connectivity index (χ0) is 13.2. The van der Waals surface area contributed by atoms with Crippen LogP contribution in [0.15, 0.2) is 11.4 Å². The summed E-state index contributed by atoms with van der Waals surface area (Å²) >= 11 is 0. The molecular weight excluding hydrogens is 244 g/mol. The number of hydrogen-bond donors (Lipinski definition) is 0. The lowest BCUT2D eigenvalue weighted by molar-refractivity contribution is 0.0820. The Hall–Kier alpha value is -2.01. The lowest BCUT2D eigenvalue weighted by Crippen LogP contribution is -2.25. The lowest BCUT2D eigenvalue weighted by atomic mass is 10.2. The molecule has 0 saturated carbocycles. The highest BCUT2D eigenvalue weighted by molar-refractivity contribution is 7.90. The van der Waals surface area contributed by atoms with Crippen LogP contribution in [0, 0.1) is 11.3 Å². The Bertz CT molecular complexity index is 601. The van der Waals surface area contributed by atoms with E-state index in [9.17, 15) is 13.2 Å². The number of aromatic nitrogens is 2. The first-order valence-corrected chi connectivity index (χ1v) is 6.35. The predicted molar refractivity (Wildman–Crippen MR) is 57.9 cm³/mol. The lowest BCUT2D eigenvalue weighted by Gasteiger charge is -2.10. The van der Waals surface area contributed by atoms with Gasteiger partial charge >= 0.3 is 0 Å². The van der Waals surface area contributed by atoms with Gasteiger partial charge in [0.2, 0.25) is 15.0 Å². The van der Waals surface area contributed by atoms with Crippen LogP contribution in [0.4, 0.5) is 0 Å². The van der Waals surface area contributed by atoms with Crippen molar-refractivity contribution in [3.8, 4) is 6.07 Å². The van der Waals surface area contributed by atoms with Crippen LogP contribution >= 0.6 is 0 Å². The van der Waals surface area contributed by atoms with E-state index in [0.29, 0.717) is 0 Å². The van der Waals surface area contributed by atoms with Crippen LogP contribution in [0.5, 0.6) is 0 Å². The van der Waals surface area contributed by atoms with E-state index in [1.165, 1.54) is 19.0 Å². The topological polar surface area (TPSA) is 104 Å². The van der Waals surface area contributed by atoms with Gasteiger partial charge in [-0.3, -0.25) is 4.79 Å². The molecule has 1 heterocycles. The molecule has 1 rings (SSSR count). The van der Waals surface area contributed by atoms with Crippen molar-refractivity contribution >= 4 is 15.7 Å². The summed E-state index contributed by atoms with van der Waals surface area (Å²) in [5.41, 5.74) is -0.274. The molecule has 7 nitrogen and oxygen atoms in total. The maximum absolute atomic E-state index is 11.7. The normalized spacial score (nSPS) is 10.7. The summed E-state index contributed by atoms with van der Waals surface area (Å²) in [5.74, 6) is -0.547. The second-order valence-corrected chi connectivity index (χ2v) is 5.41. The monoisotopic (exact) mass is 254 g/mol. The van der Waals surface area contributed by atoms with Crippen molar-refractivity contribution in [2.75, 3.05) is 20.4 Å². The highest BCUT2D eigenvalue weighted by Crippen LogP contribution is 2.09. The van der Waals surface area contributed by atoms with Crippen LogP contribution in [0.1, 0.15) is 16.1 Å². The van der Waals surface area contributed by atoms with Gasteiger partial charge in [-0.15, -0.1) is 0 Å². The van der Waals surface area contributed by atoms with Gasteiger partial charge in [-0.2, -0.15) is 5.26 Å². The van der Waals surface area contributed by atoms with Gasteiger partial charge in [0.25, 0.3) is 5.91 Å². The fraction of sp³-hybridized carbons (Fsp3) is 0.333. The third-order valence-electron chi connectivity index (χ3n) is 1.83. The summed E-state index contributed by atoms with van der Waals surface area (Å²) in [7, 11) is -0.656. The average Bonchev–Trinajstić information content (AvgIpc) is 2.25. The molecule has 0 aliphatic rings. The zero-order valence-electron chi connectivity index (χ0n) is 9.50. The van der Waals surface area contributed by atoms with E-state index in [0.717, 1.165) is 12.5 Å². The largest absolute Gasteiger partial charge is 0.343 e. The fourth-order valence-electron chi connectivity index (χ4n) is 1.00. The number of carbonyl (C=O) groups is 1. The van der Waals surface area contributed by atoms with Gasteiger partial charge in [0.05, 0.1) is 6.20 Å². The van der Waals surface area contributed by atoms with Crippen LogP contribution < -0.4 is 0 Å². The van der Waals surface area contributed by atoms with Gasteiger partial charge in [0.15, 0.2) is 5.69 Å². The van der Waals surface area contributed by atoms with Crippen LogP contribution in [-0.2, 0) is 9.84 Å². The molecule has 8 heteroatoms. The van der Waals surface area contributed by atoms with Gasteiger partial charge in [-0.25, -0.2) is 18.4 Å². The molecule has 0 atom stereocenters. The molecule has 0 bridgehead atoms. The molecule has 90 valence electrons. The smallest absolute Gasteiger partial charge is 0.273 e. The van der Waals surface area contributed by atoms with Gasteiger partial charge in [-0.1, -0.05) is 0 Å². The Kier molecular flexibility index (Phi) is 3.43. The van der Waals surface area contributed by atoms with E-state index in [1.54, 1.807) is 6.07 Å². The molecule has 0 fully saturated rings. The summed E-state index contributed by atoms with van der Waals surface area (Å²) in [5, 5.41) is 8.32. The second-order valence-electron chi connectivity index (χ2n) is 3.50. The summed E-state index contributed by atoms with van der Waals surface area (Å²) < 4.78 is 22.5. The summed E-state index contributed by atoms with van der Waals surface area (Å²) in [6, 6.07) is 1.74. The SMILES string of the molecule is CN(C)C(=O)c1nc(S(C)(=O)=O)ncc1C#N. The molecule has 0 N–H and O–H groups in total. The Balaban J connectivity index is 3.47. The van der Waals surface area contributed by atoms with Crippen molar-refractivity contribution < 1.29 is 13.2 Å². The minimum Gasteiger partial charge on any atom is -0.343 e. The molecule has 17 heavy (non-hydrogen) atoms. The minimum absolute atomic E-state index is 0.0592. The first kappa shape index (κ1) is 13.1. The summed E-state index contributed by atoms with van der Waals surface area (Å²) in [6.07, 6.45) is 1.96. The first-order valence-electron chi connectivity index (χ1n) is 4.46. The Morgan fingerprint density at radius 1 is 1.47 bits per heavy atom. The average molecular weight is 254 g/mol. The van der Waals surface area contributed by atoms with Crippen LogP contribution in [0.2, 0.25) is 0 Å². The molecule has 0 unspecified atom stereocenters. The van der Waals surface area contributed by atoms with Crippen molar-refractivity contribution in [2.24, 2.45) is 0 Å². The van der Waals surface area contributed by atoms with E-state index in [-0.39, 0.29) is 11.3 Å². The van der Waals surface area contributed by atoms with Gasteiger partial charge in [0.1, 0.15) is 11.6 Å². The molecule has 0 aliphatic carbocycles. The summed E-state index contributed by atoms with van der Waals surface area (Å²) in [4.78, 5) is 20.1. The van der Waals surface area contributed by atoms with Gasteiger partial charge in [-0.05, 0) is 0 Å². The van der Waals surface area contributed by atoms with E-state index in [4.69, 9.17) is 5.26 Å². The number of amides is 1. The quantitative estimate of drug-likeness (QED) is 0.656. The fourth-order valence-corrected chi connectivity index (χ4v) is 1.50. The van der Waals surface area contributed by atoms with Gasteiger partial charge in [0, 0.05) is 20.4 Å². The molecule has 1 amide bonds. The van der Waals surface area contributed by atoms with E-state index in [2.05, 4.69) is 9.97 Å². The van der Waals surface area contributed by atoms with Crippen LogP contribution in [0.3, 0.4) is 0 Å². The molecule has 1 aromatic heterocycles.